The molecule has 0 amide bonds. The van der Waals surface area contributed by atoms with Crippen LogP contribution in [0.25, 0.3) is 76.9 Å². The number of rotatable bonds is 5. The van der Waals surface area contributed by atoms with Crippen LogP contribution in [0.3, 0.4) is 0 Å². The molecule has 2 heterocycles. The van der Waals surface area contributed by atoms with E-state index in [2.05, 4.69) is 157 Å². The van der Waals surface area contributed by atoms with E-state index >= 15 is 0 Å². The lowest BCUT2D eigenvalue weighted by molar-refractivity contribution is 0.663. The Labute approximate surface area is 282 Å². The molecule has 0 unspecified atom stereocenters. The van der Waals surface area contributed by atoms with Crippen molar-refractivity contribution in [3.05, 3.63) is 176 Å². The van der Waals surface area contributed by atoms with Crippen molar-refractivity contribution < 1.29 is 8.83 Å². The summed E-state index contributed by atoms with van der Waals surface area (Å²) in [6.07, 6.45) is 0. The molecule has 10 aromatic rings. The summed E-state index contributed by atoms with van der Waals surface area (Å²) < 4.78 is 13.1. The number of para-hydroxylation sites is 3. The van der Waals surface area contributed by atoms with Crippen molar-refractivity contribution in [2.45, 2.75) is 0 Å². The van der Waals surface area contributed by atoms with Gasteiger partial charge in [-0.15, -0.1) is 0 Å². The summed E-state index contributed by atoms with van der Waals surface area (Å²) in [7, 11) is 0. The second-order valence-corrected chi connectivity index (χ2v) is 12.5. The first-order chi connectivity index (χ1) is 24.3. The smallest absolute Gasteiger partial charge is 0.143 e. The average Bonchev–Trinajstić information content (AvgIpc) is 3.74. The number of benzene rings is 8. The fourth-order valence-electron chi connectivity index (χ4n) is 7.42. The summed E-state index contributed by atoms with van der Waals surface area (Å²) in [5, 5.41) is 6.77. The molecule has 0 aliphatic heterocycles. The van der Waals surface area contributed by atoms with Gasteiger partial charge in [-0.1, -0.05) is 109 Å². The molecule has 0 aliphatic carbocycles. The Balaban J connectivity index is 1.23. The fourth-order valence-corrected chi connectivity index (χ4v) is 7.42. The Bertz CT molecular complexity index is 2770. The van der Waals surface area contributed by atoms with Gasteiger partial charge in [0.1, 0.15) is 22.3 Å². The molecular weight excluding hydrogens is 599 g/mol. The van der Waals surface area contributed by atoms with E-state index in [1.54, 1.807) is 0 Å². The zero-order chi connectivity index (χ0) is 32.3. The van der Waals surface area contributed by atoms with E-state index in [9.17, 15) is 0 Å². The van der Waals surface area contributed by atoms with Gasteiger partial charge >= 0.3 is 0 Å². The zero-order valence-corrected chi connectivity index (χ0v) is 26.5. The van der Waals surface area contributed by atoms with Crippen LogP contribution < -0.4 is 4.90 Å². The Morgan fingerprint density at radius 1 is 0.347 bits per heavy atom. The number of fused-ring (bicyclic) bond motifs is 8. The van der Waals surface area contributed by atoms with Crippen LogP contribution in [0.4, 0.5) is 17.1 Å². The normalized spacial score (nSPS) is 11.7. The molecule has 8 aromatic carbocycles. The van der Waals surface area contributed by atoms with E-state index in [1.165, 1.54) is 16.3 Å². The summed E-state index contributed by atoms with van der Waals surface area (Å²) in [5.74, 6) is 0. The number of anilines is 3. The van der Waals surface area contributed by atoms with Crippen molar-refractivity contribution in [2.75, 3.05) is 4.90 Å². The number of hydrogen-bond acceptors (Lipinski definition) is 3. The quantitative estimate of drug-likeness (QED) is 0.190. The van der Waals surface area contributed by atoms with E-state index in [0.29, 0.717) is 0 Å². The van der Waals surface area contributed by atoms with Gasteiger partial charge in [-0.05, 0) is 94.2 Å². The number of furan rings is 2. The second-order valence-electron chi connectivity index (χ2n) is 12.5. The fraction of sp³-hybridized carbons (Fsp3) is 0. The molecule has 10 rings (SSSR count). The van der Waals surface area contributed by atoms with Crippen molar-refractivity contribution in [3.8, 4) is 22.3 Å². The second kappa shape index (κ2) is 11.0. The lowest BCUT2D eigenvalue weighted by atomic mass is 9.92. The molecule has 2 aromatic heterocycles. The SMILES string of the molecule is c1ccc(N(c2ccccc2)c2ccc(-c3cc(-c4cccc5ccccc45)cc4c3oc3ccc5oc6ccccc6c5c34)cc2)cc1. The van der Waals surface area contributed by atoms with Crippen LogP contribution in [0.2, 0.25) is 0 Å². The highest BCUT2D eigenvalue weighted by Gasteiger charge is 2.21. The van der Waals surface area contributed by atoms with Crippen molar-refractivity contribution in [1.29, 1.82) is 0 Å². The maximum atomic E-state index is 6.81. The summed E-state index contributed by atoms with van der Waals surface area (Å²) in [4.78, 5) is 2.29. The minimum absolute atomic E-state index is 0.848. The monoisotopic (exact) mass is 627 g/mol. The van der Waals surface area contributed by atoms with Crippen LogP contribution in [-0.4, -0.2) is 0 Å². The Kier molecular flexibility index (Phi) is 6.18. The van der Waals surface area contributed by atoms with Crippen molar-refractivity contribution >= 4 is 71.7 Å². The molecule has 0 spiro atoms. The maximum absolute atomic E-state index is 6.81. The number of hydrogen-bond donors (Lipinski definition) is 0. The molecule has 0 N–H and O–H groups in total. The van der Waals surface area contributed by atoms with Gasteiger partial charge in [0.15, 0.2) is 0 Å². The Hall–Kier alpha value is -6.58. The van der Waals surface area contributed by atoms with Crippen LogP contribution in [0.1, 0.15) is 0 Å². The van der Waals surface area contributed by atoms with Gasteiger partial charge in [-0.2, -0.15) is 0 Å². The minimum Gasteiger partial charge on any atom is -0.456 e. The van der Waals surface area contributed by atoms with E-state index in [1.807, 2.05) is 24.3 Å². The first-order valence-electron chi connectivity index (χ1n) is 16.6. The predicted molar refractivity (Wildman–Crippen MR) is 204 cm³/mol. The highest BCUT2D eigenvalue weighted by molar-refractivity contribution is 6.27. The molecule has 0 fully saturated rings. The van der Waals surface area contributed by atoms with Gasteiger partial charge in [0.05, 0.1) is 0 Å². The highest BCUT2D eigenvalue weighted by atomic mass is 16.3. The molecular formula is C46H29NO2. The summed E-state index contributed by atoms with van der Waals surface area (Å²) in [6, 6.07) is 61.9. The third-order valence-electron chi connectivity index (χ3n) is 9.64. The first-order valence-corrected chi connectivity index (χ1v) is 16.6. The van der Waals surface area contributed by atoms with E-state index in [-0.39, 0.29) is 0 Å². The molecule has 0 saturated heterocycles. The van der Waals surface area contributed by atoms with E-state index in [0.717, 1.165) is 77.6 Å². The zero-order valence-electron chi connectivity index (χ0n) is 26.5. The molecule has 0 atom stereocenters. The molecule has 0 saturated carbocycles. The van der Waals surface area contributed by atoms with Crippen molar-refractivity contribution in [3.63, 3.8) is 0 Å². The lowest BCUT2D eigenvalue weighted by Gasteiger charge is -2.25. The van der Waals surface area contributed by atoms with Gasteiger partial charge < -0.3 is 13.7 Å². The molecule has 0 radical (unpaired) electrons. The van der Waals surface area contributed by atoms with Gasteiger partial charge in [0, 0.05) is 44.2 Å². The van der Waals surface area contributed by atoms with Crippen LogP contribution in [0, 0.1) is 0 Å². The van der Waals surface area contributed by atoms with Gasteiger partial charge in [0.2, 0.25) is 0 Å². The topological polar surface area (TPSA) is 29.5 Å². The summed E-state index contributed by atoms with van der Waals surface area (Å²) in [6.45, 7) is 0. The van der Waals surface area contributed by atoms with Gasteiger partial charge in [-0.25, -0.2) is 0 Å². The molecule has 230 valence electrons. The molecule has 3 nitrogen and oxygen atoms in total. The van der Waals surface area contributed by atoms with Crippen LogP contribution in [0.15, 0.2) is 185 Å². The van der Waals surface area contributed by atoms with Crippen LogP contribution in [0.5, 0.6) is 0 Å². The summed E-state index contributed by atoms with van der Waals surface area (Å²) >= 11 is 0. The average molecular weight is 628 g/mol. The highest BCUT2D eigenvalue weighted by Crippen LogP contribution is 2.45. The molecule has 49 heavy (non-hydrogen) atoms. The van der Waals surface area contributed by atoms with Crippen molar-refractivity contribution in [2.24, 2.45) is 0 Å². The predicted octanol–water partition coefficient (Wildman–Crippen LogP) is 13.4. The molecule has 3 heteroatoms. The largest absolute Gasteiger partial charge is 0.456 e. The minimum atomic E-state index is 0.848. The van der Waals surface area contributed by atoms with Crippen LogP contribution in [-0.2, 0) is 0 Å². The third kappa shape index (κ3) is 4.44. The van der Waals surface area contributed by atoms with Crippen molar-refractivity contribution in [1.82, 2.24) is 0 Å². The molecule has 0 bridgehead atoms. The maximum Gasteiger partial charge on any atom is 0.143 e. The van der Waals surface area contributed by atoms with Crippen LogP contribution >= 0.6 is 0 Å². The standard InChI is InChI=1S/C46H29NO2/c1-3-14-33(15-4-1)47(34-16-5-2-6-17-34)35-24-22-31(23-25-35)39-28-32(37-20-11-13-30-12-7-8-18-36(30)37)29-40-45-43(49-46(39)40)27-26-42-44(45)38-19-9-10-21-41(38)48-42/h1-29H. The molecule has 0 aliphatic rings. The van der Waals surface area contributed by atoms with E-state index < -0.39 is 0 Å². The van der Waals surface area contributed by atoms with E-state index in [4.69, 9.17) is 8.83 Å². The van der Waals surface area contributed by atoms with Gasteiger partial charge in [0.25, 0.3) is 0 Å². The van der Waals surface area contributed by atoms with Gasteiger partial charge in [-0.3, -0.25) is 0 Å². The third-order valence-corrected chi connectivity index (χ3v) is 9.64. The Morgan fingerprint density at radius 3 is 1.69 bits per heavy atom. The lowest BCUT2D eigenvalue weighted by Crippen LogP contribution is -2.09. The summed E-state index contributed by atoms with van der Waals surface area (Å²) in [5.41, 5.74) is 11.2. The number of nitrogens with zero attached hydrogens (tertiary/aromatic N) is 1. The Morgan fingerprint density at radius 2 is 0.939 bits per heavy atom. The first kappa shape index (κ1) is 27.5.